The van der Waals surface area contributed by atoms with E-state index in [0.29, 0.717) is 17.5 Å². The maximum absolute atomic E-state index is 5.05. The van der Waals surface area contributed by atoms with Gasteiger partial charge in [-0.25, -0.2) is 15.0 Å². The Balaban J connectivity index is 1.07. The Hall–Kier alpha value is -7.11. The Morgan fingerprint density at radius 1 is 0.375 bits per heavy atom. The van der Waals surface area contributed by atoms with Crippen molar-refractivity contribution in [3.63, 3.8) is 0 Å². The molecule has 3 aromatic heterocycles. The summed E-state index contributed by atoms with van der Waals surface area (Å²) in [4.78, 5) is 15.0. The molecule has 0 saturated heterocycles. The minimum Gasteiger partial charge on any atom is -0.313 e. The zero-order chi connectivity index (χ0) is 37.0. The molecule has 0 fully saturated rings. The zero-order valence-electron chi connectivity index (χ0n) is 30.8. The molecule has 0 bridgehead atoms. The van der Waals surface area contributed by atoms with Crippen LogP contribution in [0.25, 0.3) is 90.6 Å². The van der Waals surface area contributed by atoms with E-state index >= 15 is 0 Å². The van der Waals surface area contributed by atoms with E-state index in [-0.39, 0.29) is 0 Å². The van der Waals surface area contributed by atoms with Gasteiger partial charge in [0.05, 0.1) is 11.0 Å². The molecule has 0 amide bonds. The predicted molar refractivity (Wildman–Crippen MR) is 230 cm³/mol. The number of hydrogen-bond donors (Lipinski definition) is 0. The molecular formula is C51H37N5. The summed E-state index contributed by atoms with van der Waals surface area (Å²) in [5, 5.41) is 2.56. The fourth-order valence-corrected chi connectivity index (χ4v) is 8.69. The van der Waals surface area contributed by atoms with E-state index in [0.717, 1.165) is 48.1 Å². The average molecular weight is 720 g/mol. The number of aromatic nitrogens is 5. The third-order valence-corrected chi connectivity index (χ3v) is 11.3. The van der Waals surface area contributed by atoms with Gasteiger partial charge in [-0.05, 0) is 73.2 Å². The Morgan fingerprint density at radius 3 is 1.36 bits per heavy atom. The minimum atomic E-state index is 0.651. The molecular weight excluding hydrogens is 683 g/mol. The highest BCUT2D eigenvalue weighted by atomic mass is 15.0. The largest absolute Gasteiger partial charge is 0.313 e. The lowest BCUT2D eigenvalue weighted by atomic mass is 9.98. The monoisotopic (exact) mass is 719 g/mol. The van der Waals surface area contributed by atoms with Crippen LogP contribution in [-0.4, -0.2) is 24.1 Å². The van der Waals surface area contributed by atoms with E-state index in [1.54, 1.807) is 0 Å². The Labute approximate surface area is 325 Å². The number of allylic oxidation sites excluding steroid dienone is 2. The Morgan fingerprint density at radius 2 is 0.821 bits per heavy atom. The summed E-state index contributed by atoms with van der Waals surface area (Å²) in [6, 6.07) is 53.8. The molecule has 0 radical (unpaired) electrons. The lowest BCUT2D eigenvalue weighted by molar-refractivity contribution is 0.888. The van der Waals surface area contributed by atoms with Gasteiger partial charge >= 0.3 is 0 Å². The van der Waals surface area contributed by atoms with Crippen LogP contribution in [0.4, 0.5) is 0 Å². The van der Waals surface area contributed by atoms with Crippen molar-refractivity contribution in [3.8, 4) is 56.7 Å². The second-order valence-electron chi connectivity index (χ2n) is 14.7. The molecule has 0 saturated carbocycles. The number of hydrogen-bond acceptors (Lipinski definition) is 3. The molecule has 56 heavy (non-hydrogen) atoms. The van der Waals surface area contributed by atoms with E-state index in [9.17, 15) is 0 Å². The summed E-state index contributed by atoms with van der Waals surface area (Å²) in [6.45, 7) is 0. The summed E-state index contributed by atoms with van der Waals surface area (Å²) >= 11 is 0. The number of fused-ring (bicyclic) bond motifs is 6. The van der Waals surface area contributed by atoms with E-state index < -0.39 is 0 Å². The number of rotatable bonds is 6. The first-order chi connectivity index (χ1) is 27.8. The van der Waals surface area contributed by atoms with Crippen molar-refractivity contribution in [2.45, 2.75) is 25.7 Å². The maximum Gasteiger partial charge on any atom is 0.164 e. The molecule has 2 aliphatic rings. The minimum absolute atomic E-state index is 0.651. The average Bonchev–Trinajstić information content (AvgIpc) is 3.79. The molecule has 9 aromatic rings. The predicted octanol–water partition coefficient (Wildman–Crippen LogP) is 12.3. The van der Waals surface area contributed by atoms with Crippen LogP contribution in [-0.2, 0) is 12.8 Å². The Kier molecular flexibility index (Phi) is 7.69. The third-order valence-electron chi connectivity index (χ3n) is 11.3. The quantitative estimate of drug-likeness (QED) is 0.172. The van der Waals surface area contributed by atoms with Crippen LogP contribution in [0.5, 0.6) is 0 Å². The molecule has 6 aromatic carbocycles. The van der Waals surface area contributed by atoms with Crippen molar-refractivity contribution < 1.29 is 0 Å². The van der Waals surface area contributed by atoms with Gasteiger partial charge in [0.15, 0.2) is 17.5 Å². The van der Waals surface area contributed by atoms with Crippen LogP contribution in [0.15, 0.2) is 164 Å². The lowest BCUT2D eigenvalue weighted by Crippen LogP contribution is -2.04. The molecule has 0 unspecified atom stereocenters. The van der Waals surface area contributed by atoms with Gasteiger partial charge in [0.1, 0.15) is 0 Å². The van der Waals surface area contributed by atoms with Crippen LogP contribution in [0.3, 0.4) is 0 Å². The van der Waals surface area contributed by atoms with Crippen LogP contribution in [0, 0.1) is 0 Å². The highest BCUT2D eigenvalue weighted by Crippen LogP contribution is 2.40. The molecule has 0 N–H and O–H groups in total. The number of benzene rings is 6. The Bertz CT molecular complexity index is 2950. The lowest BCUT2D eigenvalue weighted by Gasteiger charge is -2.15. The van der Waals surface area contributed by atoms with Gasteiger partial charge < -0.3 is 9.13 Å². The highest BCUT2D eigenvalue weighted by molar-refractivity contribution is 5.99. The van der Waals surface area contributed by atoms with Crippen molar-refractivity contribution >= 4 is 34.0 Å². The van der Waals surface area contributed by atoms with Gasteiger partial charge in [0.2, 0.25) is 0 Å². The smallest absolute Gasteiger partial charge is 0.164 e. The van der Waals surface area contributed by atoms with E-state index in [1.807, 2.05) is 36.4 Å². The van der Waals surface area contributed by atoms with Crippen LogP contribution < -0.4 is 0 Å². The van der Waals surface area contributed by atoms with Gasteiger partial charge in [-0.3, -0.25) is 0 Å². The standard InChI is InChI=1S/C51H37N5/c1-4-15-34(16-5-1)49-52-50(35-17-6-2-7-18-35)54-51(53-49)38-19-14-22-40(31-38)56-46-26-13-11-24-42(46)44-30-28-37(33-48(44)56)36-27-29-43-41-23-10-12-25-45(41)55(47(43)32-36)39-20-8-3-9-21-39/h1-11,14-24,27-33H,12-13,25-26H2. The van der Waals surface area contributed by atoms with Crippen molar-refractivity contribution in [3.05, 3.63) is 186 Å². The summed E-state index contributed by atoms with van der Waals surface area (Å²) in [6.07, 6.45) is 13.3. The molecule has 5 nitrogen and oxygen atoms in total. The summed E-state index contributed by atoms with van der Waals surface area (Å²) in [5.41, 5.74) is 15.4. The topological polar surface area (TPSA) is 48.5 Å². The van der Waals surface area contributed by atoms with Gasteiger partial charge in [0.25, 0.3) is 0 Å². The van der Waals surface area contributed by atoms with Gasteiger partial charge in [0, 0.05) is 61.4 Å². The maximum atomic E-state index is 5.05. The van der Waals surface area contributed by atoms with Crippen LogP contribution in [0.2, 0.25) is 0 Å². The highest BCUT2D eigenvalue weighted by Gasteiger charge is 2.22. The SMILES string of the molecule is C1=Cc2c(n(-c3ccccc3)c3cc(-c4ccc5c6c(n(-c7cccc(-c8nc(-c9ccccc9)nc(-c9ccccc9)n8)c7)c5c4)CCC=C6)ccc23)CC1. The summed E-state index contributed by atoms with van der Waals surface area (Å²) in [5.74, 6) is 1.97. The molecule has 266 valence electrons. The van der Waals surface area contributed by atoms with Gasteiger partial charge in [-0.2, -0.15) is 0 Å². The fourth-order valence-electron chi connectivity index (χ4n) is 8.69. The third kappa shape index (κ3) is 5.43. The first-order valence-electron chi connectivity index (χ1n) is 19.5. The fraction of sp³-hybridized carbons (Fsp3) is 0.0784. The number of para-hydroxylation sites is 1. The van der Waals surface area contributed by atoms with E-state index in [4.69, 9.17) is 15.0 Å². The molecule has 11 rings (SSSR count). The molecule has 3 heterocycles. The zero-order valence-corrected chi connectivity index (χ0v) is 30.8. The van der Waals surface area contributed by atoms with Gasteiger partial charge in [-0.15, -0.1) is 0 Å². The first-order valence-corrected chi connectivity index (χ1v) is 19.5. The van der Waals surface area contributed by atoms with Crippen molar-refractivity contribution in [1.82, 2.24) is 24.1 Å². The van der Waals surface area contributed by atoms with E-state index in [2.05, 4.69) is 149 Å². The normalized spacial score (nSPS) is 13.3. The first kappa shape index (κ1) is 32.3. The molecule has 5 heteroatoms. The summed E-state index contributed by atoms with van der Waals surface area (Å²) in [7, 11) is 0. The van der Waals surface area contributed by atoms with Crippen LogP contribution >= 0.6 is 0 Å². The number of nitrogens with zero attached hydrogens (tertiary/aromatic N) is 5. The van der Waals surface area contributed by atoms with Crippen molar-refractivity contribution in [1.29, 1.82) is 0 Å². The molecule has 2 aliphatic carbocycles. The second-order valence-corrected chi connectivity index (χ2v) is 14.7. The van der Waals surface area contributed by atoms with Crippen molar-refractivity contribution in [2.75, 3.05) is 0 Å². The van der Waals surface area contributed by atoms with Crippen molar-refractivity contribution in [2.24, 2.45) is 0 Å². The molecule has 0 aliphatic heterocycles. The van der Waals surface area contributed by atoms with E-state index in [1.165, 1.54) is 61.1 Å². The second kappa shape index (κ2) is 13.3. The summed E-state index contributed by atoms with van der Waals surface area (Å²) < 4.78 is 4.94. The molecule has 0 atom stereocenters. The van der Waals surface area contributed by atoms with Gasteiger partial charge in [-0.1, -0.05) is 140 Å². The molecule has 0 spiro atoms. The van der Waals surface area contributed by atoms with Crippen LogP contribution in [0.1, 0.15) is 35.4 Å².